The molecule has 4 rings (SSSR count). The lowest BCUT2D eigenvalue weighted by Gasteiger charge is -2.34. The van der Waals surface area contributed by atoms with Gasteiger partial charge in [0.15, 0.2) is 0 Å². The van der Waals surface area contributed by atoms with Crippen LogP contribution in [0.3, 0.4) is 0 Å². The second-order valence-electron chi connectivity index (χ2n) is 12.1. The van der Waals surface area contributed by atoms with Crippen molar-refractivity contribution >= 4 is 29.0 Å². The molecule has 2 saturated heterocycles. The molecule has 2 aromatic rings. The summed E-state index contributed by atoms with van der Waals surface area (Å²) in [5.74, 6) is 0.224. The predicted octanol–water partition coefficient (Wildman–Crippen LogP) is 7.36. The molecule has 0 radical (unpaired) electrons. The summed E-state index contributed by atoms with van der Waals surface area (Å²) in [4.78, 5) is 17.4. The minimum atomic E-state index is -4.28. The zero-order valence-electron chi connectivity index (χ0n) is 23.9. The molecule has 0 bridgehead atoms. The number of rotatable bonds is 9. The van der Waals surface area contributed by atoms with E-state index < -0.39 is 5.51 Å². The van der Waals surface area contributed by atoms with E-state index in [9.17, 15) is 18.0 Å². The van der Waals surface area contributed by atoms with E-state index in [0.717, 1.165) is 57.4 Å². The van der Waals surface area contributed by atoms with Crippen molar-refractivity contribution < 1.29 is 18.0 Å². The average Bonchev–Trinajstić information content (AvgIpc) is 2.90. The van der Waals surface area contributed by atoms with Crippen LogP contribution in [0.5, 0.6) is 0 Å². The first kappa shape index (κ1) is 30.6. The molecular formula is C31H43F3N4OS. The van der Waals surface area contributed by atoms with E-state index in [1.807, 2.05) is 4.90 Å². The van der Waals surface area contributed by atoms with E-state index in [1.54, 1.807) is 12.1 Å². The first-order valence-corrected chi connectivity index (χ1v) is 15.3. The molecule has 2 N–H and O–H groups in total. The Morgan fingerprint density at radius 3 is 1.82 bits per heavy atom. The van der Waals surface area contributed by atoms with Gasteiger partial charge >= 0.3 is 5.51 Å². The molecule has 9 heteroatoms. The number of hydrogen-bond donors (Lipinski definition) is 2. The Bertz CT molecular complexity index is 1070. The quantitative estimate of drug-likeness (QED) is 0.306. The first-order valence-electron chi connectivity index (χ1n) is 14.4. The molecular weight excluding hydrogens is 533 g/mol. The molecule has 2 aliphatic heterocycles. The third-order valence-corrected chi connectivity index (χ3v) is 8.62. The Hall–Kier alpha value is -2.39. The normalized spacial score (nSPS) is 18.1. The largest absolute Gasteiger partial charge is 0.446 e. The van der Waals surface area contributed by atoms with Crippen LogP contribution in [0.25, 0.3) is 0 Å². The van der Waals surface area contributed by atoms with Crippen LogP contribution >= 0.6 is 11.8 Å². The van der Waals surface area contributed by atoms with E-state index in [0.29, 0.717) is 25.6 Å². The third-order valence-electron chi connectivity index (χ3n) is 7.88. The molecule has 0 aliphatic carbocycles. The molecule has 220 valence electrons. The van der Waals surface area contributed by atoms with Gasteiger partial charge in [0, 0.05) is 61.0 Å². The van der Waals surface area contributed by atoms with E-state index >= 15 is 0 Å². The summed E-state index contributed by atoms with van der Waals surface area (Å²) in [6.07, 6.45) is 5.35. The molecule has 2 fully saturated rings. The minimum Gasteiger partial charge on any atom is -0.382 e. The van der Waals surface area contributed by atoms with Gasteiger partial charge in [-0.25, -0.2) is 0 Å². The van der Waals surface area contributed by atoms with Gasteiger partial charge in [-0.15, -0.1) is 0 Å². The molecule has 0 aromatic heterocycles. The molecule has 1 amide bonds. The number of halogens is 3. The maximum absolute atomic E-state index is 12.8. The Kier molecular flexibility index (Phi) is 10.3. The summed E-state index contributed by atoms with van der Waals surface area (Å²) in [5.41, 5.74) is -0.761. The number of carbonyl (C=O) groups is 1. The predicted molar refractivity (Wildman–Crippen MR) is 159 cm³/mol. The van der Waals surface area contributed by atoms with Crippen LogP contribution in [-0.4, -0.2) is 66.0 Å². The molecule has 5 nitrogen and oxygen atoms in total. The van der Waals surface area contributed by atoms with Crippen molar-refractivity contribution in [3.63, 3.8) is 0 Å². The molecule has 40 heavy (non-hydrogen) atoms. The van der Waals surface area contributed by atoms with Crippen LogP contribution in [0.15, 0.2) is 53.4 Å². The molecule has 2 aromatic carbocycles. The van der Waals surface area contributed by atoms with E-state index in [4.69, 9.17) is 0 Å². The van der Waals surface area contributed by atoms with Gasteiger partial charge in [-0.3, -0.25) is 4.79 Å². The van der Waals surface area contributed by atoms with Gasteiger partial charge in [0.1, 0.15) is 0 Å². The smallest absolute Gasteiger partial charge is 0.382 e. The van der Waals surface area contributed by atoms with Crippen LogP contribution in [0.1, 0.15) is 64.9 Å². The third kappa shape index (κ3) is 9.61. The summed E-state index contributed by atoms with van der Waals surface area (Å²) in [6.45, 7) is 11.2. The zero-order chi connectivity index (χ0) is 28.8. The fourth-order valence-electron chi connectivity index (χ4n) is 5.48. The van der Waals surface area contributed by atoms with Crippen LogP contribution in [0.2, 0.25) is 0 Å². The van der Waals surface area contributed by atoms with Gasteiger partial charge in [0.25, 0.3) is 0 Å². The number of amides is 1. The van der Waals surface area contributed by atoms with Gasteiger partial charge in [-0.1, -0.05) is 32.9 Å². The van der Waals surface area contributed by atoms with Gasteiger partial charge in [-0.2, -0.15) is 13.2 Å². The Labute approximate surface area is 241 Å². The highest BCUT2D eigenvalue weighted by atomic mass is 32.2. The van der Waals surface area contributed by atoms with Crippen molar-refractivity contribution in [2.45, 2.75) is 87.2 Å². The second kappa shape index (κ2) is 13.5. The second-order valence-corrected chi connectivity index (χ2v) is 13.2. The number of nitrogens with one attached hydrogen (secondary N) is 2. The molecule has 0 spiro atoms. The highest BCUT2D eigenvalue weighted by Gasteiger charge is 2.29. The van der Waals surface area contributed by atoms with Crippen molar-refractivity contribution in [3.8, 4) is 0 Å². The SMILES string of the molecule is CC(C)(C)c1ccc(NC2CCN(CCCC(=O)N3CCC(Nc4ccc(SC(F)(F)F)cc4)CC3)CC2)cc1. The minimum absolute atomic E-state index is 0.102. The average molecular weight is 577 g/mol. The molecule has 2 heterocycles. The van der Waals surface area contributed by atoms with Gasteiger partial charge < -0.3 is 20.4 Å². The van der Waals surface area contributed by atoms with Crippen molar-refractivity contribution in [1.82, 2.24) is 9.80 Å². The first-order chi connectivity index (χ1) is 18.9. The molecule has 0 atom stereocenters. The standard InChI is InChI=1S/C31H43F3N4OS/c1-30(2,3)23-6-8-24(9-7-23)35-26-14-19-37(20-15-26)18-4-5-29(39)38-21-16-27(17-22-38)36-25-10-12-28(13-11-25)40-31(32,33)34/h6-13,26-27,35-36H,4-5,14-22H2,1-3H3. The highest BCUT2D eigenvalue weighted by molar-refractivity contribution is 8.00. The van der Waals surface area contributed by atoms with E-state index in [2.05, 4.69) is 60.6 Å². The maximum Gasteiger partial charge on any atom is 0.446 e. The van der Waals surface area contributed by atoms with Crippen LogP contribution < -0.4 is 10.6 Å². The monoisotopic (exact) mass is 576 g/mol. The van der Waals surface area contributed by atoms with Crippen LogP contribution in [-0.2, 0) is 10.2 Å². The van der Waals surface area contributed by atoms with Gasteiger partial charge in [0.2, 0.25) is 5.91 Å². The summed E-state index contributed by atoms with van der Waals surface area (Å²) < 4.78 is 37.5. The van der Waals surface area contributed by atoms with E-state index in [1.165, 1.54) is 23.4 Å². The molecule has 2 aliphatic rings. The van der Waals surface area contributed by atoms with Crippen LogP contribution in [0.4, 0.5) is 24.5 Å². The Balaban J connectivity index is 1.09. The number of alkyl halides is 3. The van der Waals surface area contributed by atoms with Crippen molar-refractivity contribution in [1.29, 1.82) is 0 Å². The van der Waals surface area contributed by atoms with Crippen LogP contribution in [0, 0.1) is 0 Å². The lowest BCUT2D eigenvalue weighted by Crippen LogP contribution is -2.43. The Morgan fingerprint density at radius 2 is 1.32 bits per heavy atom. The fourth-order valence-corrected chi connectivity index (χ4v) is 6.02. The van der Waals surface area contributed by atoms with Crippen molar-refractivity contribution in [2.24, 2.45) is 0 Å². The summed E-state index contributed by atoms with van der Waals surface area (Å²) in [6, 6.07) is 15.9. The highest BCUT2D eigenvalue weighted by Crippen LogP contribution is 2.37. The molecule has 0 unspecified atom stereocenters. The summed E-state index contributed by atoms with van der Waals surface area (Å²) in [7, 11) is 0. The number of benzene rings is 2. The van der Waals surface area contributed by atoms with Gasteiger partial charge in [0.05, 0.1) is 0 Å². The number of thioether (sulfide) groups is 1. The lowest BCUT2D eigenvalue weighted by molar-refractivity contribution is -0.132. The van der Waals surface area contributed by atoms with Crippen molar-refractivity contribution in [2.75, 3.05) is 43.4 Å². The number of hydrogen-bond acceptors (Lipinski definition) is 5. The summed E-state index contributed by atoms with van der Waals surface area (Å²) in [5, 5.41) is 7.10. The topological polar surface area (TPSA) is 47.6 Å². The Morgan fingerprint density at radius 1 is 0.825 bits per heavy atom. The summed E-state index contributed by atoms with van der Waals surface area (Å²) >= 11 is -0.102. The number of nitrogens with zero attached hydrogens (tertiary/aromatic N) is 2. The number of piperidine rings is 2. The fraction of sp³-hybridized carbons (Fsp3) is 0.581. The lowest BCUT2D eigenvalue weighted by atomic mass is 9.87. The maximum atomic E-state index is 12.8. The number of carbonyl (C=O) groups excluding carboxylic acids is 1. The number of likely N-dealkylation sites (tertiary alicyclic amines) is 2. The number of anilines is 2. The van der Waals surface area contributed by atoms with Crippen molar-refractivity contribution in [3.05, 3.63) is 54.1 Å². The zero-order valence-corrected chi connectivity index (χ0v) is 24.7. The molecule has 0 saturated carbocycles. The van der Waals surface area contributed by atoms with E-state index in [-0.39, 0.29) is 34.0 Å². The van der Waals surface area contributed by atoms with Gasteiger partial charge in [-0.05, 0) is 97.8 Å².